The van der Waals surface area contributed by atoms with Gasteiger partial charge in [0.15, 0.2) is 17.3 Å². The molecule has 6 heteroatoms. The molecule has 0 aromatic heterocycles. The minimum atomic E-state index is -0.604. The van der Waals surface area contributed by atoms with E-state index in [1.54, 1.807) is 48.5 Å². The molecule has 0 atom stereocenters. The van der Waals surface area contributed by atoms with Crippen LogP contribution in [0.1, 0.15) is 28.4 Å². The lowest BCUT2D eigenvalue weighted by Crippen LogP contribution is -2.07. The van der Waals surface area contributed by atoms with Crippen LogP contribution in [0.2, 0.25) is 0 Å². The largest absolute Gasteiger partial charge is 0.504 e. The van der Waals surface area contributed by atoms with Gasteiger partial charge in [0.2, 0.25) is 5.75 Å². The topological polar surface area (TPSA) is 93.1 Å². The van der Waals surface area contributed by atoms with E-state index in [0.717, 1.165) is 6.08 Å². The predicted molar refractivity (Wildman–Crippen MR) is 117 cm³/mol. The summed E-state index contributed by atoms with van der Waals surface area (Å²) >= 11 is 0. The molecule has 0 saturated carbocycles. The Labute approximate surface area is 180 Å². The predicted octanol–water partition coefficient (Wildman–Crippen LogP) is 4.66. The van der Waals surface area contributed by atoms with E-state index in [1.165, 1.54) is 13.2 Å². The molecule has 2 N–H and O–H groups in total. The van der Waals surface area contributed by atoms with E-state index in [4.69, 9.17) is 9.47 Å². The average molecular weight is 418 g/mol. The number of hydrogen-bond acceptors (Lipinski definition) is 6. The number of carbonyl (C=O) groups is 2. The van der Waals surface area contributed by atoms with E-state index in [9.17, 15) is 19.8 Å². The molecule has 0 fully saturated rings. The van der Waals surface area contributed by atoms with Gasteiger partial charge in [-0.1, -0.05) is 56.0 Å². The fourth-order valence-corrected chi connectivity index (χ4v) is 3.39. The van der Waals surface area contributed by atoms with Crippen molar-refractivity contribution in [1.82, 2.24) is 0 Å². The fourth-order valence-electron chi connectivity index (χ4n) is 3.39. The standard InChI is InChI=1S/C25H22O6/c1-4-16-17(12-9-13-20(16)31-21(26)5-2)18-14-19(23(28)24(29)25(18)30-3)22(27)15-10-7-6-8-11-15/h5-14,28-29H,2,4H2,1,3H3. The molecule has 0 unspecified atom stereocenters. The lowest BCUT2D eigenvalue weighted by molar-refractivity contribution is -0.129. The monoisotopic (exact) mass is 418 g/mol. The van der Waals surface area contributed by atoms with Gasteiger partial charge in [-0.15, -0.1) is 0 Å². The summed E-state index contributed by atoms with van der Waals surface area (Å²) in [4.78, 5) is 24.8. The zero-order valence-electron chi connectivity index (χ0n) is 17.2. The van der Waals surface area contributed by atoms with Crippen molar-refractivity contribution in [3.05, 3.63) is 83.9 Å². The Balaban J connectivity index is 2.25. The third kappa shape index (κ3) is 4.14. The van der Waals surface area contributed by atoms with Crippen molar-refractivity contribution in [1.29, 1.82) is 0 Å². The van der Waals surface area contributed by atoms with Gasteiger partial charge in [-0.05, 0) is 24.1 Å². The lowest BCUT2D eigenvalue weighted by Gasteiger charge is -2.18. The number of ketones is 1. The van der Waals surface area contributed by atoms with Gasteiger partial charge in [0.05, 0.1) is 12.7 Å². The molecule has 31 heavy (non-hydrogen) atoms. The molecule has 0 spiro atoms. The van der Waals surface area contributed by atoms with Gasteiger partial charge < -0.3 is 19.7 Å². The Kier molecular flexibility index (Phi) is 6.40. The van der Waals surface area contributed by atoms with Crippen LogP contribution in [0.4, 0.5) is 0 Å². The van der Waals surface area contributed by atoms with Gasteiger partial charge in [0.25, 0.3) is 0 Å². The van der Waals surface area contributed by atoms with E-state index in [1.807, 2.05) is 6.92 Å². The summed E-state index contributed by atoms with van der Waals surface area (Å²) in [5.41, 5.74) is 1.92. The van der Waals surface area contributed by atoms with E-state index < -0.39 is 23.3 Å². The van der Waals surface area contributed by atoms with Crippen molar-refractivity contribution in [2.75, 3.05) is 7.11 Å². The number of ether oxygens (including phenoxy) is 2. The second-order valence-electron chi connectivity index (χ2n) is 6.66. The molecule has 0 aliphatic heterocycles. The normalized spacial score (nSPS) is 10.4. The van der Waals surface area contributed by atoms with Crippen molar-refractivity contribution in [2.45, 2.75) is 13.3 Å². The number of aromatic hydroxyl groups is 2. The molecule has 0 bridgehead atoms. The van der Waals surface area contributed by atoms with Crippen LogP contribution in [0.25, 0.3) is 11.1 Å². The highest BCUT2D eigenvalue weighted by Gasteiger charge is 2.25. The Morgan fingerprint density at radius 3 is 2.32 bits per heavy atom. The van der Waals surface area contributed by atoms with Crippen molar-refractivity contribution in [3.8, 4) is 34.1 Å². The van der Waals surface area contributed by atoms with Gasteiger partial charge in [-0.2, -0.15) is 0 Å². The first-order valence-corrected chi connectivity index (χ1v) is 9.62. The highest BCUT2D eigenvalue weighted by Crippen LogP contribution is 2.47. The molecular weight excluding hydrogens is 396 g/mol. The van der Waals surface area contributed by atoms with Crippen LogP contribution in [0.5, 0.6) is 23.0 Å². The molecule has 0 aliphatic carbocycles. The minimum absolute atomic E-state index is 0.00371. The summed E-state index contributed by atoms with van der Waals surface area (Å²) in [6.45, 7) is 5.29. The second-order valence-corrected chi connectivity index (χ2v) is 6.66. The van der Waals surface area contributed by atoms with Gasteiger partial charge in [0, 0.05) is 22.8 Å². The average Bonchev–Trinajstić information content (AvgIpc) is 2.80. The number of esters is 1. The Bertz CT molecular complexity index is 1150. The van der Waals surface area contributed by atoms with Crippen LogP contribution < -0.4 is 9.47 Å². The molecule has 3 aromatic carbocycles. The van der Waals surface area contributed by atoms with Crippen LogP contribution in [0.15, 0.2) is 67.3 Å². The molecule has 0 saturated heterocycles. The smallest absolute Gasteiger partial charge is 0.335 e. The van der Waals surface area contributed by atoms with Crippen molar-refractivity contribution in [3.63, 3.8) is 0 Å². The first-order chi connectivity index (χ1) is 14.9. The molecule has 0 amide bonds. The fraction of sp³-hybridized carbons (Fsp3) is 0.120. The molecular formula is C25H22O6. The molecule has 3 rings (SSSR count). The number of rotatable bonds is 7. The van der Waals surface area contributed by atoms with Crippen LogP contribution in [0, 0.1) is 0 Å². The van der Waals surface area contributed by atoms with Gasteiger partial charge in [-0.25, -0.2) is 4.79 Å². The zero-order chi connectivity index (χ0) is 22.5. The summed E-state index contributed by atoms with van der Waals surface area (Å²) < 4.78 is 10.7. The third-order valence-electron chi connectivity index (χ3n) is 4.87. The first kappa shape index (κ1) is 21.6. The molecule has 6 nitrogen and oxygen atoms in total. The summed E-state index contributed by atoms with van der Waals surface area (Å²) in [5.74, 6) is -1.84. The maximum Gasteiger partial charge on any atom is 0.335 e. The number of hydrogen-bond donors (Lipinski definition) is 2. The number of carbonyl (C=O) groups excluding carboxylic acids is 2. The van der Waals surface area contributed by atoms with E-state index in [0.29, 0.717) is 34.4 Å². The lowest BCUT2D eigenvalue weighted by atomic mass is 9.92. The maximum absolute atomic E-state index is 13.0. The highest BCUT2D eigenvalue weighted by molar-refractivity contribution is 6.12. The van der Waals surface area contributed by atoms with Gasteiger partial charge >= 0.3 is 5.97 Å². The number of benzene rings is 3. The number of phenols is 2. The summed E-state index contributed by atoms with van der Waals surface area (Å²) in [5, 5.41) is 21.1. The Hall–Kier alpha value is -4.06. The second kappa shape index (κ2) is 9.17. The van der Waals surface area contributed by atoms with Crippen molar-refractivity contribution < 1.29 is 29.3 Å². The summed E-state index contributed by atoms with van der Waals surface area (Å²) in [6, 6.07) is 15.0. The Morgan fingerprint density at radius 2 is 1.71 bits per heavy atom. The van der Waals surface area contributed by atoms with Gasteiger partial charge in [-0.3, -0.25) is 4.79 Å². The van der Waals surface area contributed by atoms with Crippen LogP contribution >= 0.6 is 0 Å². The van der Waals surface area contributed by atoms with Crippen LogP contribution in [0.3, 0.4) is 0 Å². The quantitative estimate of drug-likeness (QED) is 0.191. The molecule has 0 heterocycles. The van der Waals surface area contributed by atoms with E-state index >= 15 is 0 Å². The van der Waals surface area contributed by atoms with Crippen molar-refractivity contribution >= 4 is 11.8 Å². The molecule has 0 radical (unpaired) electrons. The van der Waals surface area contributed by atoms with E-state index in [2.05, 4.69) is 6.58 Å². The summed E-state index contributed by atoms with van der Waals surface area (Å²) in [7, 11) is 1.35. The SMILES string of the molecule is C=CC(=O)Oc1cccc(-c2cc(C(=O)c3ccccc3)c(O)c(O)c2OC)c1CC. The number of methoxy groups -OCH3 is 1. The zero-order valence-corrected chi connectivity index (χ0v) is 17.2. The summed E-state index contributed by atoms with van der Waals surface area (Å²) in [6.07, 6.45) is 1.55. The Morgan fingerprint density at radius 1 is 1.00 bits per heavy atom. The van der Waals surface area contributed by atoms with Crippen molar-refractivity contribution in [2.24, 2.45) is 0 Å². The minimum Gasteiger partial charge on any atom is -0.504 e. The molecule has 0 aliphatic rings. The van der Waals surface area contributed by atoms with Gasteiger partial charge in [0.1, 0.15) is 5.75 Å². The van der Waals surface area contributed by atoms with Crippen LogP contribution in [-0.2, 0) is 11.2 Å². The molecule has 3 aromatic rings. The maximum atomic E-state index is 13.0. The number of phenolic OH excluding ortho intramolecular Hbond substituents is 2. The molecule has 158 valence electrons. The van der Waals surface area contributed by atoms with E-state index in [-0.39, 0.29) is 11.3 Å². The third-order valence-corrected chi connectivity index (χ3v) is 4.87. The highest BCUT2D eigenvalue weighted by atomic mass is 16.5. The van der Waals surface area contributed by atoms with Crippen LogP contribution in [-0.4, -0.2) is 29.1 Å². The first-order valence-electron chi connectivity index (χ1n) is 9.62.